The van der Waals surface area contributed by atoms with Crippen LogP contribution in [0.2, 0.25) is 0 Å². The van der Waals surface area contributed by atoms with Crippen molar-refractivity contribution in [1.29, 1.82) is 0 Å². The van der Waals surface area contributed by atoms with Crippen molar-refractivity contribution in [1.82, 2.24) is 9.55 Å². The third-order valence-electron chi connectivity index (χ3n) is 4.40. The van der Waals surface area contributed by atoms with Crippen LogP contribution in [0.4, 0.5) is 13.2 Å². The van der Waals surface area contributed by atoms with E-state index in [4.69, 9.17) is 5.73 Å². The molecule has 1 saturated carbocycles. The smallest absolute Gasteiger partial charge is 0.330 e. The predicted octanol–water partition coefficient (Wildman–Crippen LogP) is 3.71. The maximum Gasteiger partial charge on any atom is 0.416 e. The fourth-order valence-electron chi connectivity index (χ4n) is 3.23. The SMILES string of the molecule is Cn1c(C2(N)CCCCC2)nc2cc(C(F)(F)F)ccc21. The summed E-state index contributed by atoms with van der Waals surface area (Å²) in [7, 11) is 1.82. The van der Waals surface area contributed by atoms with Gasteiger partial charge < -0.3 is 10.3 Å². The van der Waals surface area contributed by atoms with E-state index in [-0.39, 0.29) is 0 Å². The molecule has 2 aromatic rings. The minimum Gasteiger partial charge on any atom is -0.330 e. The number of rotatable bonds is 1. The Hall–Kier alpha value is -1.56. The molecule has 1 aromatic heterocycles. The highest BCUT2D eigenvalue weighted by Gasteiger charge is 2.35. The third kappa shape index (κ3) is 2.41. The van der Waals surface area contributed by atoms with E-state index < -0.39 is 17.3 Å². The average molecular weight is 297 g/mol. The van der Waals surface area contributed by atoms with Gasteiger partial charge >= 0.3 is 6.18 Å². The molecule has 21 heavy (non-hydrogen) atoms. The summed E-state index contributed by atoms with van der Waals surface area (Å²) in [6.07, 6.45) is 0.534. The summed E-state index contributed by atoms with van der Waals surface area (Å²) in [6.45, 7) is 0. The lowest BCUT2D eigenvalue weighted by atomic mass is 9.82. The Labute approximate surface area is 121 Å². The van der Waals surface area contributed by atoms with E-state index in [1.165, 1.54) is 6.07 Å². The van der Waals surface area contributed by atoms with Crippen LogP contribution in [0.3, 0.4) is 0 Å². The van der Waals surface area contributed by atoms with Crippen molar-refractivity contribution in [2.45, 2.75) is 43.8 Å². The average Bonchev–Trinajstić information content (AvgIpc) is 2.76. The van der Waals surface area contributed by atoms with Crippen molar-refractivity contribution in [3.05, 3.63) is 29.6 Å². The summed E-state index contributed by atoms with van der Waals surface area (Å²) < 4.78 is 40.2. The van der Waals surface area contributed by atoms with Crippen molar-refractivity contribution >= 4 is 11.0 Å². The van der Waals surface area contributed by atoms with E-state index in [0.29, 0.717) is 16.9 Å². The highest BCUT2D eigenvalue weighted by atomic mass is 19.4. The van der Waals surface area contributed by atoms with Crippen LogP contribution in [-0.2, 0) is 18.8 Å². The molecule has 0 saturated heterocycles. The Balaban J connectivity index is 2.11. The first-order valence-corrected chi connectivity index (χ1v) is 7.14. The molecule has 1 heterocycles. The van der Waals surface area contributed by atoms with Crippen molar-refractivity contribution in [3.8, 4) is 0 Å². The minimum absolute atomic E-state index is 0.359. The monoisotopic (exact) mass is 297 g/mol. The van der Waals surface area contributed by atoms with E-state index in [1.54, 1.807) is 0 Å². The van der Waals surface area contributed by atoms with Gasteiger partial charge in [-0.15, -0.1) is 0 Å². The molecular formula is C15H18F3N3. The van der Waals surface area contributed by atoms with Gasteiger partial charge in [0.1, 0.15) is 5.82 Å². The van der Waals surface area contributed by atoms with Gasteiger partial charge in [0.25, 0.3) is 0 Å². The number of nitrogens with two attached hydrogens (primary N) is 1. The summed E-state index contributed by atoms with van der Waals surface area (Å²) >= 11 is 0. The highest BCUT2D eigenvalue weighted by molar-refractivity contribution is 5.77. The fraction of sp³-hybridized carbons (Fsp3) is 0.533. The zero-order chi connectivity index (χ0) is 15.3. The molecule has 6 heteroatoms. The summed E-state index contributed by atoms with van der Waals surface area (Å²) in [4.78, 5) is 4.42. The normalized spacial score (nSPS) is 19.1. The second-order valence-corrected chi connectivity index (χ2v) is 5.91. The number of nitrogens with zero attached hydrogens (tertiary/aromatic N) is 2. The molecule has 0 spiro atoms. The van der Waals surface area contributed by atoms with Crippen LogP contribution in [0.25, 0.3) is 11.0 Å². The summed E-state index contributed by atoms with van der Waals surface area (Å²) in [6, 6.07) is 3.67. The van der Waals surface area contributed by atoms with Crippen molar-refractivity contribution < 1.29 is 13.2 Å². The number of alkyl halides is 3. The molecule has 0 aliphatic heterocycles. The molecule has 114 valence electrons. The molecule has 1 aromatic carbocycles. The lowest BCUT2D eigenvalue weighted by molar-refractivity contribution is -0.137. The molecule has 0 amide bonds. The Morgan fingerprint density at radius 3 is 2.48 bits per heavy atom. The van der Waals surface area contributed by atoms with Gasteiger partial charge in [0.2, 0.25) is 0 Å². The van der Waals surface area contributed by atoms with Gasteiger partial charge in [-0.2, -0.15) is 13.2 Å². The Kier molecular flexibility index (Phi) is 3.24. The van der Waals surface area contributed by atoms with Crippen molar-refractivity contribution in [2.75, 3.05) is 0 Å². The van der Waals surface area contributed by atoms with Crippen molar-refractivity contribution in [2.24, 2.45) is 12.8 Å². The van der Waals surface area contributed by atoms with Crippen LogP contribution >= 0.6 is 0 Å². The molecule has 1 fully saturated rings. The Morgan fingerprint density at radius 2 is 1.86 bits per heavy atom. The quantitative estimate of drug-likeness (QED) is 0.872. The summed E-state index contributed by atoms with van der Waals surface area (Å²) in [5, 5.41) is 0. The zero-order valence-corrected chi connectivity index (χ0v) is 11.9. The van der Waals surface area contributed by atoms with Gasteiger partial charge in [-0.25, -0.2) is 4.98 Å². The van der Waals surface area contributed by atoms with Crippen LogP contribution in [0.15, 0.2) is 18.2 Å². The minimum atomic E-state index is -4.35. The lowest BCUT2D eigenvalue weighted by Gasteiger charge is -2.32. The van der Waals surface area contributed by atoms with E-state index in [1.807, 2.05) is 11.6 Å². The first-order valence-electron chi connectivity index (χ1n) is 7.14. The van der Waals surface area contributed by atoms with Gasteiger partial charge in [-0.3, -0.25) is 0 Å². The maximum absolute atomic E-state index is 12.8. The van der Waals surface area contributed by atoms with Gasteiger partial charge in [-0.1, -0.05) is 19.3 Å². The molecular weight excluding hydrogens is 279 g/mol. The van der Waals surface area contributed by atoms with Crippen LogP contribution in [-0.4, -0.2) is 9.55 Å². The number of fused-ring (bicyclic) bond motifs is 1. The fourth-order valence-corrected chi connectivity index (χ4v) is 3.23. The first kappa shape index (κ1) is 14.4. The second-order valence-electron chi connectivity index (χ2n) is 5.91. The maximum atomic E-state index is 12.8. The zero-order valence-electron chi connectivity index (χ0n) is 11.9. The molecule has 0 unspecified atom stereocenters. The molecule has 0 radical (unpaired) electrons. The van der Waals surface area contributed by atoms with Crippen LogP contribution in [0, 0.1) is 0 Å². The van der Waals surface area contributed by atoms with E-state index >= 15 is 0 Å². The molecule has 0 bridgehead atoms. The number of hydrogen-bond donors (Lipinski definition) is 1. The third-order valence-corrected chi connectivity index (χ3v) is 4.40. The first-order chi connectivity index (χ1) is 9.81. The van der Waals surface area contributed by atoms with Crippen LogP contribution in [0.1, 0.15) is 43.5 Å². The molecule has 1 aliphatic rings. The van der Waals surface area contributed by atoms with Gasteiger partial charge in [-0.05, 0) is 31.0 Å². The number of imidazole rings is 1. The Bertz CT molecular complexity index is 667. The molecule has 3 nitrogen and oxygen atoms in total. The standard InChI is InChI=1S/C15H18F3N3/c1-21-12-6-5-10(15(16,17)18)9-11(12)20-13(21)14(19)7-3-2-4-8-14/h5-6,9H,2-4,7-8,19H2,1H3. The van der Waals surface area contributed by atoms with E-state index in [2.05, 4.69) is 4.98 Å². The van der Waals surface area contributed by atoms with E-state index in [9.17, 15) is 13.2 Å². The number of aromatic nitrogens is 2. The topological polar surface area (TPSA) is 43.8 Å². The van der Waals surface area contributed by atoms with Crippen LogP contribution < -0.4 is 5.73 Å². The number of halogens is 3. The largest absolute Gasteiger partial charge is 0.416 e. The highest BCUT2D eigenvalue weighted by Crippen LogP contribution is 2.36. The summed E-state index contributed by atoms with van der Waals surface area (Å²) in [5.74, 6) is 0.691. The van der Waals surface area contributed by atoms with Crippen molar-refractivity contribution in [3.63, 3.8) is 0 Å². The number of aryl methyl sites for hydroxylation is 1. The summed E-state index contributed by atoms with van der Waals surface area (Å²) in [5.41, 5.74) is 6.32. The van der Waals surface area contributed by atoms with Gasteiger partial charge in [0.05, 0.1) is 22.1 Å². The molecule has 3 rings (SSSR count). The van der Waals surface area contributed by atoms with Gasteiger partial charge in [0.15, 0.2) is 0 Å². The lowest BCUT2D eigenvalue weighted by Crippen LogP contribution is -2.41. The van der Waals surface area contributed by atoms with E-state index in [0.717, 1.165) is 44.2 Å². The van der Waals surface area contributed by atoms with Gasteiger partial charge in [0, 0.05) is 7.05 Å². The second kappa shape index (κ2) is 4.73. The molecule has 0 atom stereocenters. The van der Waals surface area contributed by atoms with Crippen LogP contribution in [0.5, 0.6) is 0 Å². The number of benzene rings is 1. The predicted molar refractivity (Wildman–Crippen MR) is 74.7 cm³/mol. The molecule has 2 N–H and O–H groups in total. The Morgan fingerprint density at radius 1 is 1.19 bits per heavy atom. The molecule has 1 aliphatic carbocycles. The number of hydrogen-bond acceptors (Lipinski definition) is 2.